The Morgan fingerprint density at radius 2 is 2.08 bits per heavy atom. The lowest BCUT2D eigenvalue weighted by Crippen LogP contribution is -1.99. The van der Waals surface area contributed by atoms with Crippen LogP contribution in [0.2, 0.25) is 0 Å². The minimum Gasteiger partial charge on any atom is -0.297 e. The molecule has 0 aliphatic carbocycles. The summed E-state index contributed by atoms with van der Waals surface area (Å²) in [6.45, 7) is 0. The topological polar surface area (TPSA) is 48.6 Å². The van der Waals surface area contributed by atoms with Crippen LogP contribution in [0, 0.1) is 9.39 Å². The molecule has 1 aromatic heterocycles. The zero-order valence-electron chi connectivity index (χ0n) is 5.82. The summed E-state index contributed by atoms with van der Waals surface area (Å²) in [6.07, 6.45) is 0. The number of nitrogens with one attached hydrogen (secondary N) is 2. The van der Waals surface area contributed by atoms with Gasteiger partial charge in [-0.05, 0) is 34.7 Å². The fourth-order valence-electron chi connectivity index (χ4n) is 1.09. The van der Waals surface area contributed by atoms with Crippen molar-refractivity contribution in [1.29, 1.82) is 0 Å². The molecule has 0 bridgehead atoms. The van der Waals surface area contributed by atoms with E-state index in [0.29, 0.717) is 14.5 Å². The van der Waals surface area contributed by atoms with Crippen LogP contribution in [-0.2, 0) is 0 Å². The van der Waals surface area contributed by atoms with Crippen molar-refractivity contribution < 1.29 is 4.39 Å². The maximum Gasteiger partial charge on any atom is 0.272 e. The number of fused-ring (bicyclic) bond motifs is 1. The molecule has 1 aromatic carbocycles. The molecule has 0 aliphatic heterocycles. The van der Waals surface area contributed by atoms with Crippen molar-refractivity contribution in [3.8, 4) is 0 Å². The van der Waals surface area contributed by atoms with Crippen LogP contribution in [0.25, 0.3) is 10.9 Å². The Labute approximate surface area is 80.1 Å². The van der Waals surface area contributed by atoms with Crippen molar-refractivity contribution in [3.05, 3.63) is 31.9 Å². The highest BCUT2D eigenvalue weighted by Crippen LogP contribution is 2.16. The first-order valence-corrected chi connectivity index (χ1v) is 4.32. The Kier molecular flexibility index (Phi) is 1.67. The van der Waals surface area contributed by atoms with Crippen LogP contribution in [0.15, 0.2) is 16.9 Å². The van der Waals surface area contributed by atoms with E-state index in [1.165, 1.54) is 12.1 Å². The smallest absolute Gasteiger partial charge is 0.272 e. The van der Waals surface area contributed by atoms with Gasteiger partial charge in [0.15, 0.2) is 0 Å². The average molecular weight is 278 g/mol. The summed E-state index contributed by atoms with van der Waals surface area (Å²) in [4.78, 5) is 11.1. The first-order valence-electron chi connectivity index (χ1n) is 3.24. The van der Waals surface area contributed by atoms with Crippen LogP contribution in [0.5, 0.6) is 0 Å². The van der Waals surface area contributed by atoms with E-state index in [2.05, 4.69) is 10.2 Å². The molecule has 0 atom stereocenters. The van der Waals surface area contributed by atoms with E-state index in [1.807, 2.05) is 22.6 Å². The summed E-state index contributed by atoms with van der Waals surface area (Å²) in [6, 6.07) is 2.61. The van der Waals surface area contributed by atoms with Crippen LogP contribution in [0.4, 0.5) is 4.39 Å². The van der Waals surface area contributed by atoms with Gasteiger partial charge < -0.3 is 0 Å². The highest BCUT2D eigenvalue weighted by atomic mass is 127. The summed E-state index contributed by atoms with van der Waals surface area (Å²) >= 11 is 1.93. The number of H-pyrrole nitrogens is 2. The summed E-state index contributed by atoms with van der Waals surface area (Å²) in [5.74, 6) is -0.345. The highest BCUT2D eigenvalue weighted by Gasteiger charge is 2.06. The lowest BCUT2D eigenvalue weighted by atomic mass is 10.2. The molecule has 1 heterocycles. The van der Waals surface area contributed by atoms with E-state index < -0.39 is 0 Å². The van der Waals surface area contributed by atoms with Crippen molar-refractivity contribution in [1.82, 2.24) is 10.2 Å². The highest BCUT2D eigenvalue weighted by molar-refractivity contribution is 14.1. The monoisotopic (exact) mass is 278 g/mol. The minimum absolute atomic E-state index is 0.214. The molecule has 0 saturated heterocycles. The third-order valence-corrected chi connectivity index (χ3v) is 2.44. The van der Waals surface area contributed by atoms with Crippen molar-refractivity contribution in [2.45, 2.75) is 0 Å². The van der Waals surface area contributed by atoms with Crippen molar-refractivity contribution >= 4 is 33.5 Å². The van der Waals surface area contributed by atoms with Gasteiger partial charge in [-0.25, -0.2) is 4.39 Å². The van der Waals surface area contributed by atoms with E-state index in [-0.39, 0.29) is 11.4 Å². The number of aromatic amines is 2. The normalized spacial score (nSPS) is 10.8. The number of halogens is 2. The van der Waals surface area contributed by atoms with Gasteiger partial charge in [0, 0.05) is 3.57 Å². The molecule has 0 aliphatic rings. The van der Waals surface area contributed by atoms with Gasteiger partial charge in [-0.3, -0.25) is 15.0 Å². The van der Waals surface area contributed by atoms with E-state index in [4.69, 9.17) is 0 Å². The average Bonchev–Trinajstić information content (AvgIpc) is 2.31. The quantitative estimate of drug-likeness (QED) is 0.706. The van der Waals surface area contributed by atoms with Gasteiger partial charge in [-0.1, -0.05) is 0 Å². The van der Waals surface area contributed by atoms with Gasteiger partial charge in [0.25, 0.3) is 5.56 Å². The fourth-order valence-corrected chi connectivity index (χ4v) is 1.92. The van der Waals surface area contributed by atoms with Gasteiger partial charge in [-0.2, -0.15) is 0 Å². The van der Waals surface area contributed by atoms with Crippen molar-refractivity contribution in [2.24, 2.45) is 0 Å². The lowest BCUT2D eigenvalue weighted by Gasteiger charge is -1.91. The standard InChI is InChI=1S/C7H4FIN2O/c8-3-1-4(9)6-5(2-3)10-11-7(6)12/h1-2H,(H2,10,11,12). The maximum atomic E-state index is 12.8. The molecule has 2 aromatic rings. The second kappa shape index (κ2) is 2.58. The van der Waals surface area contributed by atoms with Crippen molar-refractivity contribution in [2.75, 3.05) is 0 Å². The lowest BCUT2D eigenvalue weighted by molar-refractivity contribution is 0.628. The zero-order chi connectivity index (χ0) is 8.72. The molecule has 3 nitrogen and oxygen atoms in total. The number of hydrogen-bond donors (Lipinski definition) is 2. The van der Waals surface area contributed by atoms with Gasteiger partial charge in [0.2, 0.25) is 0 Å². The Bertz CT molecular complexity index is 488. The molecular weight excluding hydrogens is 274 g/mol. The summed E-state index contributed by atoms with van der Waals surface area (Å²) in [5.41, 5.74) is 0.291. The van der Waals surface area contributed by atoms with E-state index in [0.717, 1.165) is 0 Å². The van der Waals surface area contributed by atoms with E-state index in [9.17, 15) is 9.18 Å². The van der Waals surface area contributed by atoms with Crippen LogP contribution >= 0.6 is 22.6 Å². The third-order valence-electron chi connectivity index (χ3n) is 1.59. The molecule has 0 radical (unpaired) electrons. The zero-order valence-corrected chi connectivity index (χ0v) is 7.98. The molecule has 0 spiro atoms. The van der Waals surface area contributed by atoms with E-state index >= 15 is 0 Å². The number of hydrogen-bond acceptors (Lipinski definition) is 1. The molecule has 2 N–H and O–H groups in total. The fraction of sp³-hybridized carbons (Fsp3) is 0. The van der Waals surface area contributed by atoms with Gasteiger partial charge in [-0.15, -0.1) is 0 Å². The van der Waals surface area contributed by atoms with Crippen LogP contribution in [0.3, 0.4) is 0 Å². The Morgan fingerprint density at radius 3 is 2.83 bits per heavy atom. The van der Waals surface area contributed by atoms with E-state index in [1.54, 1.807) is 0 Å². The SMILES string of the molecule is O=c1[nH][nH]c2cc(F)cc(I)c12. The maximum absolute atomic E-state index is 12.8. The predicted octanol–water partition coefficient (Wildman–Crippen LogP) is 1.60. The Morgan fingerprint density at radius 1 is 1.33 bits per heavy atom. The Hall–Kier alpha value is -0.850. The first kappa shape index (κ1) is 7.78. The molecular formula is C7H4FIN2O. The molecule has 12 heavy (non-hydrogen) atoms. The van der Waals surface area contributed by atoms with Crippen molar-refractivity contribution in [3.63, 3.8) is 0 Å². The van der Waals surface area contributed by atoms with Gasteiger partial charge >= 0.3 is 0 Å². The number of aromatic nitrogens is 2. The summed E-state index contributed by atoms with van der Waals surface area (Å²) < 4.78 is 13.4. The summed E-state index contributed by atoms with van der Waals surface area (Å²) in [5, 5.41) is 5.49. The molecule has 62 valence electrons. The second-order valence-electron chi connectivity index (χ2n) is 2.39. The minimum atomic E-state index is -0.345. The molecule has 2 rings (SSSR count). The summed E-state index contributed by atoms with van der Waals surface area (Å²) in [7, 11) is 0. The first-order chi connectivity index (χ1) is 5.68. The van der Waals surface area contributed by atoms with Crippen LogP contribution in [-0.4, -0.2) is 10.2 Å². The van der Waals surface area contributed by atoms with Crippen LogP contribution < -0.4 is 5.56 Å². The van der Waals surface area contributed by atoms with Crippen LogP contribution in [0.1, 0.15) is 0 Å². The molecule has 0 saturated carbocycles. The van der Waals surface area contributed by atoms with Gasteiger partial charge in [0.1, 0.15) is 5.82 Å². The van der Waals surface area contributed by atoms with Gasteiger partial charge in [0.05, 0.1) is 10.9 Å². The molecule has 0 unspecified atom stereocenters. The Balaban J connectivity index is 3.03. The molecule has 5 heteroatoms. The number of rotatable bonds is 0. The largest absolute Gasteiger partial charge is 0.297 e. The number of benzene rings is 1. The predicted molar refractivity (Wildman–Crippen MR) is 51.6 cm³/mol. The molecule has 0 amide bonds. The second-order valence-corrected chi connectivity index (χ2v) is 3.55. The molecule has 0 fully saturated rings. The third kappa shape index (κ3) is 1.04.